The average molecular weight is 134 g/mol. The standard InChI is InChI=1S/C5H6BF3/c6-4-2-1-3-5(7,8)9/h1,3H,2,4H2. The van der Waals surface area contributed by atoms with Crippen LogP contribution in [0.15, 0.2) is 12.2 Å². The second-order valence-corrected chi connectivity index (χ2v) is 1.52. The van der Waals surface area contributed by atoms with Crippen LogP contribution in [0.25, 0.3) is 0 Å². The highest BCUT2D eigenvalue weighted by molar-refractivity contribution is 6.08. The van der Waals surface area contributed by atoms with Gasteiger partial charge in [0, 0.05) is 6.08 Å². The summed E-state index contributed by atoms with van der Waals surface area (Å²) in [7, 11) is 4.94. The molecule has 0 amide bonds. The number of halogens is 3. The lowest BCUT2D eigenvalue weighted by atomic mass is 10.0. The Morgan fingerprint density at radius 2 is 1.89 bits per heavy atom. The van der Waals surface area contributed by atoms with Crippen molar-refractivity contribution >= 4 is 7.85 Å². The minimum atomic E-state index is -4.19. The van der Waals surface area contributed by atoms with Crippen LogP contribution < -0.4 is 0 Å². The molecular weight excluding hydrogens is 128 g/mol. The van der Waals surface area contributed by atoms with Crippen LogP contribution in [-0.4, -0.2) is 14.0 Å². The van der Waals surface area contributed by atoms with Crippen molar-refractivity contribution in [2.24, 2.45) is 0 Å². The van der Waals surface area contributed by atoms with Crippen LogP contribution in [0.5, 0.6) is 0 Å². The number of hydrogen-bond acceptors (Lipinski definition) is 0. The summed E-state index contributed by atoms with van der Waals surface area (Å²) in [6.07, 6.45) is -2.44. The molecule has 0 saturated carbocycles. The largest absolute Gasteiger partial charge is 0.409 e. The quantitative estimate of drug-likeness (QED) is 0.400. The lowest BCUT2D eigenvalue weighted by molar-refractivity contribution is -0.0800. The van der Waals surface area contributed by atoms with Gasteiger partial charge in [-0.25, -0.2) is 0 Å². The van der Waals surface area contributed by atoms with Crippen LogP contribution >= 0.6 is 0 Å². The number of allylic oxidation sites excluding steroid dienone is 2. The van der Waals surface area contributed by atoms with Crippen molar-refractivity contribution in [2.45, 2.75) is 18.9 Å². The zero-order valence-corrected chi connectivity index (χ0v) is 4.78. The van der Waals surface area contributed by atoms with E-state index in [1.165, 1.54) is 0 Å². The van der Waals surface area contributed by atoms with Gasteiger partial charge < -0.3 is 0 Å². The molecule has 0 heterocycles. The first-order valence-electron chi connectivity index (χ1n) is 2.51. The fraction of sp³-hybridized carbons (Fsp3) is 0.600. The van der Waals surface area contributed by atoms with Crippen molar-refractivity contribution in [1.82, 2.24) is 0 Å². The SMILES string of the molecule is [B]CCC=CC(F)(F)F. The maximum atomic E-state index is 11.3. The summed E-state index contributed by atoms with van der Waals surface area (Å²) in [5.74, 6) is 0. The van der Waals surface area contributed by atoms with Crippen LogP contribution in [0.1, 0.15) is 6.42 Å². The average Bonchev–Trinajstić information content (AvgIpc) is 1.63. The van der Waals surface area contributed by atoms with Crippen LogP contribution in [-0.2, 0) is 0 Å². The molecule has 50 valence electrons. The van der Waals surface area contributed by atoms with Gasteiger partial charge in [0.15, 0.2) is 0 Å². The van der Waals surface area contributed by atoms with Crippen LogP contribution in [0.2, 0.25) is 6.32 Å². The van der Waals surface area contributed by atoms with Gasteiger partial charge >= 0.3 is 6.18 Å². The first-order valence-corrected chi connectivity index (χ1v) is 2.51. The predicted molar refractivity (Wildman–Crippen MR) is 30.4 cm³/mol. The molecule has 0 fully saturated rings. The van der Waals surface area contributed by atoms with Crippen molar-refractivity contribution in [3.63, 3.8) is 0 Å². The minimum Gasteiger partial charge on any atom is -0.167 e. The molecule has 0 aliphatic heterocycles. The van der Waals surface area contributed by atoms with Crippen molar-refractivity contribution in [1.29, 1.82) is 0 Å². The van der Waals surface area contributed by atoms with Gasteiger partial charge in [-0.05, 0) is 6.42 Å². The van der Waals surface area contributed by atoms with Gasteiger partial charge in [0.05, 0.1) is 7.85 Å². The number of hydrogen-bond donors (Lipinski definition) is 0. The molecule has 0 aromatic rings. The van der Waals surface area contributed by atoms with Gasteiger partial charge in [-0.1, -0.05) is 12.4 Å². The second-order valence-electron chi connectivity index (χ2n) is 1.52. The van der Waals surface area contributed by atoms with E-state index in [9.17, 15) is 13.2 Å². The van der Waals surface area contributed by atoms with Crippen molar-refractivity contribution in [3.05, 3.63) is 12.2 Å². The maximum absolute atomic E-state index is 11.3. The number of alkyl halides is 3. The summed E-state index contributed by atoms with van der Waals surface area (Å²) in [5.41, 5.74) is 0. The highest BCUT2D eigenvalue weighted by Crippen LogP contribution is 2.16. The van der Waals surface area contributed by atoms with Gasteiger partial charge in [0.25, 0.3) is 0 Å². The predicted octanol–water partition coefficient (Wildman–Crippen LogP) is 2.08. The van der Waals surface area contributed by atoms with E-state index in [1.54, 1.807) is 0 Å². The first-order chi connectivity index (χ1) is 4.06. The Morgan fingerprint density at radius 3 is 2.22 bits per heavy atom. The molecule has 2 radical (unpaired) electrons. The first kappa shape index (κ1) is 8.59. The molecule has 0 rings (SSSR count). The summed E-state index contributed by atoms with van der Waals surface area (Å²) in [6, 6.07) is 0. The Labute approximate surface area is 53.2 Å². The molecule has 0 aliphatic carbocycles. The molecule has 0 bridgehead atoms. The molecule has 0 aromatic heterocycles. The Kier molecular flexibility index (Phi) is 3.43. The summed E-state index contributed by atoms with van der Waals surface area (Å²) in [6.45, 7) is 0. The van der Waals surface area contributed by atoms with E-state index < -0.39 is 6.18 Å². The Morgan fingerprint density at radius 1 is 1.33 bits per heavy atom. The van der Waals surface area contributed by atoms with Gasteiger partial charge in [0.2, 0.25) is 0 Å². The third kappa shape index (κ3) is 7.59. The molecule has 0 unspecified atom stereocenters. The smallest absolute Gasteiger partial charge is 0.167 e. The highest BCUT2D eigenvalue weighted by Gasteiger charge is 2.21. The van der Waals surface area contributed by atoms with Gasteiger partial charge in [-0.2, -0.15) is 13.2 Å². The monoisotopic (exact) mass is 134 g/mol. The molecule has 0 atom stereocenters. The van der Waals surface area contributed by atoms with E-state index in [4.69, 9.17) is 7.85 Å². The fourth-order valence-electron chi connectivity index (χ4n) is 0.313. The van der Waals surface area contributed by atoms with E-state index >= 15 is 0 Å². The molecule has 0 N–H and O–H groups in total. The van der Waals surface area contributed by atoms with Crippen molar-refractivity contribution in [3.8, 4) is 0 Å². The van der Waals surface area contributed by atoms with Gasteiger partial charge in [-0.15, -0.1) is 0 Å². The van der Waals surface area contributed by atoms with Crippen molar-refractivity contribution < 1.29 is 13.2 Å². The molecular formula is C5H6BF3. The van der Waals surface area contributed by atoms with Crippen molar-refractivity contribution in [2.75, 3.05) is 0 Å². The highest BCUT2D eigenvalue weighted by atomic mass is 19.4. The topological polar surface area (TPSA) is 0 Å². The van der Waals surface area contributed by atoms with E-state index in [1.807, 2.05) is 0 Å². The van der Waals surface area contributed by atoms with E-state index in [0.29, 0.717) is 0 Å². The lowest BCUT2D eigenvalue weighted by Gasteiger charge is -1.95. The fourth-order valence-corrected chi connectivity index (χ4v) is 0.313. The normalized spacial score (nSPS) is 12.8. The van der Waals surface area contributed by atoms with E-state index in [0.717, 1.165) is 6.08 Å². The van der Waals surface area contributed by atoms with E-state index in [2.05, 4.69) is 0 Å². The molecule has 0 nitrogen and oxygen atoms in total. The zero-order chi connectivity index (χ0) is 7.33. The number of rotatable bonds is 2. The summed E-state index contributed by atoms with van der Waals surface area (Å²) in [5, 5.41) is 0. The lowest BCUT2D eigenvalue weighted by Crippen LogP contribution is -2.00. The molecule has 0 aliphatic rings. The Bertz CT molecular complexity index is 94.9. The summed E-state index contributed by atoms with van der Waals surface area (Å²) >= 11 is 0. The summed E-state index contributed by atoms with van der Waals surface area (Å²) < 4.78 is 33.8. The molecule has 0 spiro atoms. The second kappa shape index (κ2) is 3.59. The maximum Gasteiger partial charge on any atom is 0.409 e. The zero-order valence-electron chi connectivity index (χ0n) is 4.78. The molecule has 0 aromatic carbocycles. The Hall–Kier alpha value is -0.405. The molecule has 0 saturated heterocycles. The molecule has 9 heavy (non-hydrogen) atoms. The minimum absolute atomic E-state index is 0.194. The third-order valence-electron chi connectivity index (χ3n) is 0.640. The van der Waals surface area contributed by atoms with Gasteiger partial charge in [0.1, 0.15) is 0 Å². The van der Waals surface area contributed by atoms with Crippen LogP contribution in [0.3, 0.4) is 0 Å². The third-order valence-corrected chi connectivity index (χ3v) is 0.640. The summed E-state index contributed by atoms with van der Waals surface area (Å²) in [4.78, 5) is 0. The van der Waals surface area contributed by atoms with Crippen LogP contribution in [0.4, 0.5) is 13.2 Å². The van der Waals surface area contributed by atoms with E-state index in [-0.39, 0.29) is 18.8 Å². The molecule has 4 heteroatoms. The Balaban J connectivity index is 3.45. The van der Waals surface area contributed by atoms with Gasteiger partial charge in [-0.3, -0.25) is 0 Å². The van der Waals surface area contributed by atoms with Crippen LogP contribution in [0, 0.1) is 0 Å².